The van der Waals surface area contributed by atoms with Gasteiger partial charge in [0.25, 0.3) is 5.91 Å². The van der Waals surface area contributed by atoms with E-state index in [9.17, 15) is 10.1 Å². The Kier molecular flexibility index (Phi) is 7.93. The highest BCUT2D eigenvalue weighted by Gasteiger charge is 2.34. The summed E-state index contributed by atoms with van der Waals surface area (Å²) in [5.41, 5.74) is 3.77. The summed E-state index contributed by atoms with van der Waals surface area (Å²) in [7, 11) is 3.51. The van der Waals surface area contributed by atoms with Gasteiger partial charge in [-0.15, -0.1) is 0 Å². The number of amidine groups is 1. The molecule has 0 bridgehead atoms. The van der Waals surface area contributed by atoms with E-state index in [0.717, 1.165) is 16.9 Å². The van der Waals surface area contributed by atoms with Crippen molar-refractivity contribution in [3.8, 4) is 11.8 Å². The van der Waals surface area contributed by atoms with Crippen molar-refractivity contribution in [1.29, 1.82) is 5.26 Å². The number of nitrogens with one attached hydrogen (secondary N) is 1. The molecule has 1 N–H and O–H groups in total. The van der Waals surface area contributed by atoms with Crippen molar-refractivity contribution in [2.45, 2.75) is 13.5 Å². The number of hydrogen-bond acceptors (Lipinski definition) is 7. The number of benzene rings is 3. The Hall–Kier alpha value is -4.22. The number of methoxy groups -OCH3 is 1. The molecular formula is C28H27N5O2S. The van der Waals surface area contributed by atoms with E-state index in [2.05, 4.69) is 11.4 Å². The molecule has 3 aromatic carbocycles. The van der Waals surface area contributed by atoms with E-state index in [1.165, 1.54) is 11.8 Å². The zero-order valence-electron chi connectivity index (χ0n) is 20.4. The molecule has 0 saturated carbocycles. The molecule has 1 amide bonds. The van der Waals surface area contributed by atoms with Gasteiger partial charge in [-0.05, 0) is 54.6 Å². The molecule has 1 saturated heterocycles. The van der Waals surface area contributed by atoms with Gasteiger partial charge < -0.3 is 15.0 Å². The molecule has 3 aromatic rings. The van der Waals surface area contributed by atoms with Crippen molar-refractivity contribution in [3.05, 3.63) is 95.0 Å². The molecule has 182 valence electrons. The number of nitriles is 1. The Balaban J connectivity index is 1.75. The highest BCUT2D eigenvalue weighted by atomic mass is 32.2. The molecule has 1 aliphatic heterocycles. The number of carbonyl (C=O) groups excluding carboxylic acids is 1. The van der Waals surface area contributed by atoms with Gasteiger partial charge >= 0.3 is 0 Å². The first-order valence-electron chi connectivity index (χ1n) is 11.5. The van der Waals surface area contributed by atoms with Gasteiger partial charge in [-0.3, -0.25) is 9.69 Å². The molecule has 1 heterocycles. The van der Waals surface area contributed by atoms with E-state index in [-0.39, 0.29) is 5.91 Å². The average molecular weight is 498 g/mol. The minimum atomic E-state index is -0.134. The van der Waals surface area contributed by atoms with Crippen LogP contribution >= 0.6 is 11.8 Å². The molecule has 0 atom stereocenters. The van der Waals surface area contributed by atoms with Crippen LogP contribution in [0.4, 0.5) is 17.1 Å². The highest BCUT2D eigenvalue weighted by molar-refractivity contribution is 8.18. The van der Waals surface area contributed by atoms with Gasteiger partial charge in [-0.25, -0.2) is 4.99 Å². The summed E-state index contributed by atoms with van der Waals surface area (Å²) in [6.45, 7) is 3.09. The second kappa shape index (κ2) is 11.5. The number of carbonyl (C=O) groups is 1. The lowest BCUT2D eigenvalue weighted by atomic mass is 10.2. The van der Waals surface area contributed by atoms with Gasteiger partial charge in [0.1, 0.15) is 5.75 Å². The first kappa shape index (κ1) is 24.9. The molecule has 4 rings (SSSR count). The molecule has 0 radical (unpaired) electrons. The van der Waals surface area contributed by atoms with E-state index in [4.69, 9.17) is 9.73 Å². The number of para-hydroxylation sites is 2. The fraction of sp³-hybridized carbons (Fsp3) is 0.179. The molecule has 1 fully saturated rings. The van der Waals surface area contributed by atoms with Crippen molar-refractivity contribution in [2.24, 2.45) is 4.99 Å². The Bertz CT molecular complexity index is 1350. The van der Waals surface area contributed by atoms with Gasteiger partial charge in [0.2, 0.25) is 0 Å². The smallest absolute Gasteiger partial charge is 0.268 e. The van der Waals surface area contributed by atoms with Crippen molar-refractivity contribution >= 4 is 39.9 Å². The number of nitrogens with zero attached hydrogens (tertiary/aromatic N) is 4. The predicted molar refractivity (Wildman–Crippen MR) is 146 cm³/mol. The van der Waals surface area contributed by atoms with Gasteiger partial charge in [0, 0.05) is 19.8 Å². The van der Waals surface area contributed by atoms with E-state index in [1.807, 2.05) is 85.7 Å². The highest BCUT2D eigenvalue weighted by Crippen LogP contribution is 2.37. The maximum atomic E-state index is 13.6. The molecular weight excluding hydrogens is 470 g/mol. The van der Waals surface area contributed by atoms with Crippen LogP contribution < -0.4 is 15.0 Å². The summed E-state index contributed by atoms with van der Waals surface area (Å²) in [5.74, 6) is 0.580. The molecule has 0 aliphatic carbocycles. The summed E-state index contributed by atoms with van der Waals surface area (Å²) in [4.78, 5) is 22.6. The molecule has 8 heteroatoms. The summed E-state index contributed by atoms with van der Waals surface area (Å²) >= 11 is 1.31. The van der Waals surface area contributed by atoms with E-state index in [0.29, 0.717) is 40.2 Å². The maximum absolute atomic E-state index is 13.6. The standard InChI is InChI=1S/C28H27N5O2S/c1-4-30-22-15-14-21(17-29)16-23(22)31-28-33(18-20-10-6-5-7-11-20)27(34)26(36-28)19-32(2)24-12-8-9-13-25(24)35-3/h5-16,19,30H,4,18H2,1-3H3/b26-19-,31-28?. The minimum absolute atomic E-state index is 0.134. The van der Waals surface area contributed by atoms with Gasteiger partial charge in [0.05, 0.1) is 47.3 Å². The summed E-state index contributed by atoms with van der Waals surface area (Å²) in [6.07, 6.45) is 1.81. The van der Waals surface area contributed by atoms with Crippen LogP contribution in [-0.4, -0.2) is 36.7 Å². The zero-order chi connectivity index (χ0) is 25.5. The Labute approximate surface area is 215 Å². The maximum Gasteiger partial charge on any atom is 0.268 e. The number of ether oxygens (including phenoxy) is 1. The van der Waals surface area contributed by atoms with E-state index in [1.54, 1.807) is 24.1 Å². The van der Waals surface area contributed by atoms with E-state index >= 15 is 0 Å². The van der Waals surface area contributed by atoms with Crippen molar-refractivity contribution < 1.29 is 9.53 Å². The number of anilines is 2. The summed E-state index contributed by atoms with van der Waals surface area (Å²) in [5, 5.41) is 13.3. The van der Waals surface area contributed by atoms with Gasteiger partial charge in [-0.2, -0.15) is 5.26 Å². The van der Waals surface area contributed by atoms with Gasteiger partial charge in [0.15, 0.2) is 5.17 Å². The predicted octanol–water partition coefficient (Wildman–Crippen LogP) is 5.74. The number of thioether (sulfide) groups is 1. The SMILES string of the molecule is CCNc1ccc(C#N)cc1N=C1S/C(=C\N(C)c2ccccc2OC)C(=O)N1Cc1ccccc1. The topological polar surface area (TPSA) is 81.0 Å². The lowest BCUT2D eigenvalue weighted by Crippen LogP contribution is -2.28. The molecule has 36 heavy (non-hydrogen) atoms. The van der Waals surface area contributed by atoms with Crippen LogP contribution in [-0.2, 0) is 11.3 Å². The average Bonchev–Trinajstić information content (AvgIpc) is 3.19. The molecule has 0 unspecified atom stereocenters. The van der Waals surface area contributed by atoms with Crippen molar-refractivity contribution in [1.82, 2.24) is 4.90 Å². The molecule has 0 aromatic heterocycles. The van der Waals surface area contributed by atoms with Crippen LogP contribution in [0.3, 0.4) is 0 Å². The fourth-order valence-electron chi connectivity index (χ4n) is 3.79. The van der Waals surface area contributed by atoms with Crippen molar-refractivity contribution in [2.75, 3.05) is 30.9 Å². The third-order valence-corrected chi connectivity index (χ3v) is 6.55. The first-order chi connectivity index (χ1) is 17.5. The third kappa shape index (κ3) is 5.53. The number of hydrogen-bond donors (Lipinski definition) is 1. The van der Waals surface area contributed by atoms with Crippen LogP contribution in [0.1, 0.15) is 18.1 Å². The second-order valence-corrected chi connectivity index (χ2v) is 9.03. The first-order valence-corrected chi connectivity index (χ1v) is 12.3. The Morgan fingerprint density at radius 1 is 1.14 bits per heavy atom. The molecule has 1 aliphatic rings. The van der Waals surface area contributed by atoms with Crippen LogP contribution in [0.5, 0.6) is 5.75 Å². The number of amides is 1. The number of aliphatic imine (C=N–C) groups is 1. The van der Waals surface area contributed by atoms with Crippen LogP contribution in [0, 0.1) is 11.3 Å². The minimum Gasteiger partial charge on any atom is -0.495 e. The van der Waals surface area contributed by atoms with Crippen LogP contribution in [0.25, 0.3) is 0 Å². The largest absolute Gasteiger partial charge is 0.495 e. The summed E-state index contributed by atoms with van der Waals surface area (Å²) in [6, 6.07) is 25.0. The van der Waals surface area contributed by atoms with Crippen molar-refractivity contribution in [3.63, 3.8) is 0 Å². The Morgan fingerprint density at radius 2 is 1.89 bits per heavy atom. The zero-order valence-corrected chi connectivity index (χ0v) is 21.2. The molecule has 0 spiro atoms. The quantitative estimate of drug-likeness (QED) is 0.400. The fourth-order valence-corrected chi connectivity index (χ4v) is 4.80. The number of rotatable bonds is 8. The van der Waals surface area contributed by atoms with Crippen LogP contribution in [0.15, 0.2) is 88.9 Å². The third-order valence-electron chi connectivity index (χ3n) is 5.56. The second-order valence-electron chi connectivity index (χ2n) is 8.02. The molecule has 7 nitrogen and oxygen atoms in total. The Morgan fingerprint density at radius 3 is 2.61 bits per heavy atom. The normalized spacial score (nSPS) is 15.3. The lowest BCUT2D eigenvalue weighted by molar-refractivity contribution is -0.122. The summed E-state index contributed by atoms with van der Waals surface area (Å²) < 4.78 is 5.49. The lowest BCUT2D eigenvalue weighted by Gasteiger charge is -2.18. The monoisotopic (exact) mass is 497 g/mol. The van der Waals surface area contributed by atoms with E-state index < -0.39 is 0 Å². The van der Waals surface area contributed by atoms with Gasteiger partial charge in [-0.1, -0.05) is 42.5 Å². The van der Waals surface area contributed by atoms with Crippen LogP contribution in [0.2, 0.25) is 0 Å².